The highest BCUT2D eigenvalue weighted by Gasteiger charge is 2.08. The maximum atomic E-state index is 9.90. The fourth-order valence-electron chi connectivity index (χ4n) is 2.16. The minimum atomic E-state index is -0.502. The van der Waals surface area contributed by atoms with Gasteiger partial charge in [-0.25, -0.2) is 0 Å². The van der Waals surface area contributed by atoms with Crippen LogP contribution in [0.25, 0.3) is 10.8 Å². The van der Waals surface area contributed by atoms with Crippen molar-refractivity contribution in [3.63, 3.8) is 0 Å². The minimum Gasteiger partial charge on any atom is -0.490 e. The minimum absolute atomic E-state index is 0.298. The number of hydrogen-bond acceptors (Lipinski definition) is 3. The molecule has 3 nitrogen and oxygen atoms in total. The van der Waals surface area contributed by atoms with Crippen LogP contribution in [-0.2, 0) is 0 Å². The maximum absolute atomic E-state index is 9.90. The zero-order valence-corrected chi connectivity index (χ0v) is 12.4. The van der Waals surface area contributed by atoms with Gasteiger partial charge in [-0.1, -0.05) is 44.2 Å². The van der Waals surface area contributed by atoms with Crippen molar-refractivity contribution in [2.24, 2.45) is 0 Å². The van der Waals surface area contributed by atoms with Crippen molar-refractivity contribution < 1.29 is 9.84 Å². The fraction of sp³-hybridized carbons (Fsp3) is 0.412. The van der Waals surface area contributed by atoms with Crippen LogP contribution in [0.5, 0.6) is 5.75 Å². The number of benzene rings is 2. The first-order valence-corrected chi connectivity index (χ1v) is 7.10. The van der Waals surface area contributed by atoms with Crippen LogP contribution in [-0.4, -0.2) is 30.4 Å². The highest BCUT2D eigenvalue weighted by Crippen LogP contribution is 2.28. The first-order chi connectivity index (χ1) is 9.58. The molecule has 0 amide bonds. The van der Waals surface area contributed by atoms with Gasteiger partial charge in [-0.05, 0) is 23.9 Å². The molecule has 0 aliphatic rings. The third-order valence-electron chi connectivity index (χ3n) is 3.30. The van der Waals surface area contributed by atoms with Gasteiger partial charge in [0.25, 0.3) is 0 Å². The Hall–Kier alpha value is -1.58. The summed E-state index contributed by atoms with van der Waals surface area (Å²) in [5.74, 6) is 0.829. The van der Waals surface area contributed by atoms with Gasteiger partial charge in [0.1, 0.15) is 18.5 Å². The molecule has 0 radical (unpaired) electrons. The van der Waals surface area contributed by atoms with E-state index in [9.17, 15) is 5.11 Å². The Kier molecular flexibility index (Phi) is 4.99. The highest BCUT2D eigenvalue weighted by atomic mass is 16.5. The Morgan fingerprint density at radius 3 is 2.50 bits per heavy atom. The predicted molar refractivity (Wildman–Crippen MR) is 83.3 cm³/mol. The molecular formula is C17H23NO2. The van der Waals surface area contributed by atoms with E-state index >= 15 is 0 Å². The third kappa shape index (κ3) is 3.71. The van der Waals surface area contributed by atoms with Gasteiger partial charge in [0.05, 0.1) is 0 Å². The molecule has 0 aliphatic carbocycles. The lowest BCUT2D eigenvalue weighted by Gasteiger charge is -2.16. The topological polar surface area (TPSA) is 41.5 Å². The molecule has 0 aliphatic heterocycles. The van der Waals surface area contributed by atoms with Crippen LogP contribution in [0.1, 0.15) is 19.4 Å². The summed E-state index contributed by atoms with van der Waals surface area (Å²) < 4.78 is 5.78. The number of aliphatic hydroxyl groups excluding tert-OH is 1. The van der Waals surface area contributed by atoms with Crippen molar-refractivity contribution in [2.45, 2.75) is 32.9 Å². The second-order valence-electron chi connectivity index (χ2n) is 5.45. The van der Waals surface area contributed by atoms with E-state index in [0.717, 1.165) is 11.1 Å². The van der Waals surface area contributed by atoms with Gasteiger partial charge in [-0.3, -0.25) is 0 Å². The Balaban J connectivity index is 2.05. The van der Waals surface area contributed by atoms with Crippen molar-refractivity contribution >= 4 is 10.8 Å². The van der Waals surface area contributed by atoms with Crippen molar-refractivity contribution in [3.05, 3.63) is 42.0 Å². The van der Waals surface area contributed by atoms with Crippen molar-refractivity contribution in [1.82, 2.24) is 5.32 Å². The zero-order valence-electron chi connectivity index (χ0n) is 12.4. The summed E-state index contributed by atoms with van der Waals surface area (Å²) in [6, 6.07) is 12.6. The highest BCUT2D eigenvalue weighted by molar-refractivity contribution is 5.90. The van der Waals surface area contributed by atoms with Gasteiger partial charge >= 0.3 is 0 Å². The van der Waals surface area contributed by atoms with E-state index in [4.69, 9.17) is 4.74 Å². The van der Waals surface area contributed by atoms with Gasteiger partial charge in [-0.15, -0.1) is 0 Å². The number of fused-ring (bicyclic) bond motifs is 1. The largest absolute Gasteiger partial charge is 0.490 e. The molecule has 0 heterocycles. The van der Waals surface area contributed by atoms with Crippen LogP contribution in [0.2, 0.25) is 0 Å². The van der Waals surface area contributed by atoms with Crippen molar-refractivity contribution in [1.29, 1.82) is 0 Å². The lowest BCUT2D eigenvalue weighted by molar-refractivity contribution is 0.105. The average molecular weight is 273 g/mol. The molecular weight excluding hydrogens is 250 g/mol. The standard InChI is InChI=1S/C17H23NO2/c1-12(2)18-10-14(19)11-20-17-9-8-13(3)15-6-4-5-7-16(15)17/h4-9,12,14,18-19H,10-11H2,1-3H3/t14-/m1/s1. The van der Waals surface area contributed by atoms with Crippen LogP contribution in [0.4, 0.5) is 0 Å². The second kappa shape index (κ2) is 6.73. The monoisotopic (exact) mass is 273 g/mol. The molecule has 108 valence electrons. The van der Waals surface area contributed by atoms with Crippen LogP contribution in [0.3, 0.4) is 0 Å². The number of aliphatic hydroxyl groups is 1. The number of ether oxygens (including phenoxy) is 1. The van der Waals surface area contributed by atoms with Gasteiger partial charge in [0.15, 0.2) is 0 Å². The van der Waals surface area contributed by atoms with Crippen molar-refractivity contribution in [3.8, 4) is 5.75 Å². The molecule has 2 rings (SSSR count). The van der Waals surface area contributed by atoms with Gasteiger partial charge in [-0.2, -0.15) is 0 Å². The first kappa shape index (κ1) is 14.8. The average Bonchev–Trinajstić information content (AvgIpc) is 2.45. The van der Waals surface area contributed by atoms with Crippen LogP contribution >= 0.6 is 0 Å². The summed E-state index contributed by atoms with van der Waals surface area (Å²) in [7, 11) is 0. The molecule has 1 atom stereocenters. The van der Waals surface area contributed by atoms with E-state index < -0.39 is 6.10 Å². The summed E-state index contributed by atoms with van der Waals surface area (Å²) in [6.45, 7) is 7.05. The molecule has 0 aromatic heterocycles. The summed E-state index contributed by atoms with van der Waals surface area (Å²) >= 11 is 0. The van der Waals surface area contributed by atoms with Gasteiger partial charge in [0.2, 0.25) is 0 Å². The molecule has 0 unspecified atom stereocenters. The van der Waals surface area contributed by atoms with E-state index in [1.54, 1.807) is 0 Å². The zero-order chi connectivity index (χ0) is 14.5. The summed E-state index contributed by atoms with van der Waals surface area (Å²) in [4.78, 5) is 0. The lowest BCUT2D eigenvalue weighted by atomic mass is 10.0. The quantitative estimate of drug-likeness (QED) is 0.850. The van der Waals surface area contributed by atoms with E-state index in [1.807, 2.05) is 18.2 Å². The molecule has 0 saturated heterocycles. The number of hydrogen-bond donors (Lipinski definition) is 2. The predicted octanol–water partition coefficient (Wildman–Crippen LogP) is 2.89. The number of rotatable bonds is 6. The summed E-state index contributed by atoms with van der Waals surface area (Å²) in [5, 5.41) is 15.4. The van der Waals surface area contributed by atoms with Crippen LogP contribution in [0, 0.1) is 6.92 Å². The molecule has 0 spiro atoms. The van der Waals surface area contributed by atoms with Crippen LogP contribution in [0.15, 0.2) is 36.4 Å². The number of aryl methyl sites for hydroxylation is 1. The van der Waals surface area contributed by atoms with E-state index in [0.29, 0.717) is 19.2 Å². The molecule has 2 N–H and O–H groups in total. The van der Waals surface area contributed by atoms with Gasteiger partial charge in [0, 0.05) is 18.0 Å². The SMILES string of the molecule is Cc1ccc(OC[C@H](O)CNC(C)C)c2ccccc12. The molecule has 3 heteroatoms. The molecule has 0 saturated carbocycles. The van der Waals surface area contributed by atoms with Crippen LogP contribution < -0.4 is 10.1 Å². The summed E-state index contributed by atoms with van der Waals surface area (Å²) in [6.07, 6.45) is -0.502. The van der Waals surface area contributed by atoms with E-state index in [2.05, 4.69) is 44.3 Å². The van der Waals surface area contributed by atoms with Crippen molar-refractivity contribution in [2.75, 3.05) is 13.2 Å². The molecule has 20 heavy (non-hydrogen) atoms. The molecule has 2 aromatic rings. The number of nitrogens with one attached hydrogen (secondary N) is 1. The summed E-state index contributed by atoms with van der Waals surface area (Å²) in [5.41, 5.74) is 1.23. The fourth-order valence-corrected chi connectivity index (χ4v) is 2.16. The second-order valence-corrected chi connectivity index (χ2v) is 5.45. The molecule has 2 aromatic carbocycles. The Bertz CT molecular complexity index is 566. The Morgan fingerprint density at radius 2 is 1.80 bits per heavy atom. The van der Waals surface area contributed by atoms with E-state index in [-0.39, 0.29) is 0 Å². The molecule has 0 bridgehead atoms. The lowest BCUT2D eigenvalue weighted by Crippen LogP contribution is -2.35. The smallest absolute Gasteiger partial charge is 0.127 e. The molecule has 0 fully saturated rings. The Morgan fingerprint density at radius 1 is 1.10 bits per heavy atom. The normalized spacial score (nSPS) is 12.8. The third-order valence-corrected chi connectivity index (χ3v) is 3.30. The Labute approximate surface area is 120 Å². The van der Waals surface area contributed by atoms with E-state index in [1.165, 1.54) is 10.9 Å². The first-order valence-electron chi connectivity index (χ1n) is 7.10. The maximum Gasteiger partial charge on any atom is 0.127 e. The van der Waals surface area contributed by atoms with Gasteiger partial charge < -0.3 is 15.2 Å².